The Labute approximate surface area is 165 Å². The number of aliphatic hydroxyl groups excluding tert-OH is 1. The van der Waals surface area contributed by atoms with Gasteiger partial charge in [-0.1, -0.05) is 48.0 Å². The Morgan fingerprint density at radius 1 is 1.00 bits per heavy atom. The van der Waals surface area contributed by atoms with Gasteiger partial charge in [0.1, 0.15) is 0 Å². The van der Waals surface area contributed by atoms with Crippen LogP contribution in [-0.2, 0) is 6.54 Å². The fourth-order valence-electron chi connectivity index (χ4n) is 3.89. The molecule has 3 aromatic rings. The zero-order valence-electron chi connectivity index (χ0n) is 16.0. The highest BCUT2D eigenvalue weighted by molar-refractivity contribution is 7.17. The molecule has 4 heteroatoms. The molecule has 1 fully saturated rings. The van der Waals surface area contributed by atoms with Crippen molar-refractivity contribution in [2.75, 3.05) is 32.7 Å². The summed E-state index contributed by atoms with van der Waals surface area (Å²) in [5.74, 6) is 0. The summed E-state index contributed by atoms with van der Waals surface area (Å²) in [6.07, 6.45) is 0.432. The number of aliphatic hydroxyl groups is 1. The van der Waals surface area contributed by atoms with Crippen LogP contribution < -0.4 is 0 Å². The van der Waals surface area contributed by atoms with Crippen LogP contribution in [0.25, 0.3) is 10.1 Å². The molecule has 1 aromatic heterocycles. The van der Waals surface area contributed by atoms with Crippen molar-refractivity contribution < 1.29 is 5.11 Å². The Morgan fingerprint density at radius 2 is 1.74 bits per heavy atom. The van der Waals surface area contributed by atoms with Gasteiger partial charge in [0.15, 0.2) is 0 Å². The predicted octanol–water partition coefficient (Wildman–Crippen LogP) is 4.45. The predicted molar refractivity (Wildman–Crippen MR) is 114 cm³/mol. The van der Waals surface area contributed by atoms with Crippen LogP contribution >= 0.6 is 11.3 Å². The van der Waals surface area contributed by atoms with E-state index in [1.54, 1.807) is 11.3 Å². The first-order chi connectivity index (χ1) is 13.2. The Kier molecular flexibility index (Phi) is 5.89. The van der Waals surface area contributed by atoms with Crippen molar-refractivity contribution in [3.8, 4) is 0 Å². The molecule has 1 N–H and O–H groups in total. The first-order valence-electron chi connectivity index (χ1n) is 9.83. The number of hydrogen-bond acceptors (Lipinski definition) is 4. The SMILES string of the molecule is Cc1ccc2scc(C(O)CCN3CCN(Cc4ccccc4)CC3)c2c1. The molecule has 1 unspecified atom stereocenters. The second-order valence-electron chi connectivity index (χ2n) is 7.60. The van der Waals surface area contributed by atoms with E-state index in [4.69, 9.17) is 0 Å². The molecule has 27 heavy (non-hydrogen) atoms. The van der Waals surface area contributed by atoms with Crippen LogP contribution in [0.4, 0.5) is 0 Å². The highest BCUT2D eigenvalue weighted by Gasteiger charge is 2.19. The van der Waals surface area contributed by atoms with E-state index in [0.29, 0.717) is 0 Å². The number of hydrogen-bond donors (Lipinski definition) is 1. The normalized spacial score (nSPS) is 17.4. The smallest absolute Gasteiger partial charge is 0.0816 e. The van der Waals surface area contributed by atoms with E-state index in [9.17, 15) is 5.11 Å². The molecule has 1 aliphatic heterocycles. The van der Waals surface area contributed by atoms with E-state index in [1.807, 2.05) is 0 Å². The molecule has 1 saturated heterocycles. The van der Waals surface area contributed by atoms with Gasteiger partial charge in [0.2, 0.25) is 0 Å². The number of aryl methyl sites for hydroxylation is 1. The highest BCUT2D eigenvalue weighted by atomic mass is 32.1. The lowest BCUT2D eigenvalue weighted by molar-refractivity contribution is 0.0999. The average Bonchev–Trinajstić information content (AvgIpc) is 3.11. The minimum absolute atomic E-state index is 0.372. The van der Waals surface area contributed by atoms with Gasteiger partial charge in [-0.3, -0.25) is 4.90 Å². The molecule has 3 nitrogen and oxygen atoms in total. The lowest BCUT2D eigenvalue weighted by atomic mass is 10.0. The molecule has 0 amide bonds. The molecular formula is C23H28N2OS. The van der Waals surface area contributed by atoms with Gasteiger partial charge in [-0.15, -0.1) is 11.3 Å². The Balaban J connectivity index is 1.27. The Morgan fingerprint density at radius 3 is 2.52 bits per heavy atom. The van der Waals surface area contributed by atoms with Crippen molar-refractivity contribution in [2.45, 2.75) is 26.0 Å². The van der Waals surface area contributed by atoms with Crippen LogP contribution in [0.1, 0.15) is 29.2 Å². The quantitative estimate of drug-likeness (QED) is 0.684. The minimum atomic E-state index is -0.372. The van der Waals surface area contributed by atoms with Crippen molar-refractivity contribution in [2.24, 2.45) is 0 Å². The molecule has 0 saturated carbocycles. The molecule has 4 rings (SSSR count). The van der Waals surface area contributed by atoms with Crippen molar-refractivity contribution in [1.82, 2.24) is 9.80 Å². The Bertz CT molecular complexity index is 868. The summed E-state index contributed by atoms with van der Waals surface area (Å²) in [5.41, 5.74) is 3.74. The maximum Gasteiger partial charge on any atom is 0.0816 e. The maximum absolute atomic E-state index is 10.7. The van der Waals surface area contributed by atoms with E-state index >= 15 is 0 Å². The second-order valence-corrected chi connectivity index (χ2v) is 8.51. The molecule has 2 aromatic carbocycles. The van der Waals surface area contributed by atoms with Crippen LogP contribution in [-0.4, -0.2) is 47.6 Å². The van der Waals surface area contributed by atoms with Crippen molar-refractivity contribution in [3.63, 3.8) is 0 Å². The van der Waals surface area contributed by atoms with Gasteiger partial charge in [0.25, 0.3) is 0 Å². The Hall–Kier alpha value is -1.72. The topological polar surface area (TPSA) is 26.7 Å². The van der Waals surface area contributed by atoms with Gasteiger partial charge < -0.3 is 10.0 Å². The summed E-state index contributed by atoms with van der Waals surface area (Å²) in [7, 11) is 0. The summed E-state index contributed by atoms with van der Waals surface area (Å²) in [4.78, 5) is 5.02. The van der Waals surface area contributed by atoms with Crippen molar-refractivity contribution >= 4 is 21.4 Å². The van der Waals surface area contributed by atoms with Gasteiger partial charge in [-0.25, -0.2) is 0 Å². The minimum Gasteiger partial charge on any atom is -0.388 e. The number of rotatable bonds is 6. The van der Waals surface area contributed by atoms with E-state index < -0.39 is 0 Å². The van der Waals surface area contributed by atoms with Crippen LogP contribution in [0.15, 0.2) is 53.9 Å². The molecule has 0 radical (unpaired) electrons. The molecule has 142 valence electrons. The summed E-state index contributed by atoms with van der Waals surface area (Å²) in [6.45, 7) is 8.49. The van der Waals surface area contributed by atoms with E-state index in [2.05, 4.69) is 70.6 Å². The molecule has 0 bridgehead atoms. The summed E-state index contributed by atoms with van der Waals surface area (Å²) < 4.78 is 1.27. The maximum atomic E-state index is 10.7. The third-order valence-electron chi connectivity index (χ3n) is 5.55. The van der Waals surface area contributed by atoms with Gasteiger partial charge >= 0.3 is 0 Å². The third kappa shape index (κ3) is 4.58. The summed E-state index contributed by atoms with van der Waals surface area (Å²) in [5, 5.41) is 14.1. The second kappa shape index (κ2) is 8.53. The standard InChI is InChI=1S/C23H28N2OS/c1-18-7-8-23-20(15-18)21(17-27-23)22(26)9-10-24-11-13-25(14-12-24)16-19-5-3-2-4-6-19/h2-8,15,17,22,26H,9-14,16H2,1H3. The molecule has 0 spiro atoms. The van der Waals surface area contributed by atoms with Crippen molar-refractivity contribution in [3.05, 3.63) is 70.6 Å². The lowest BCUT2D eigenvalue weighted by Crippen LogP contribution is -2.46. The first-order valence-corrected chi connectivity index (χ1v) is 10.7. The number of benzene rings is 2. The van der Waals surface area contributed by atoms with Crippen LogP contribution in [0.5, 0.6) is 0 Å². The van der Waals surface area contributed by atoms with E-state index in [-0.39, 0.29) is 6.10 Å². The summed E-state index contributed by atoms with van der Waals surface area (Å²) in [6, 6.07) is 17.2. The van der Waals surface area contributed by atoms with Gasteiger partial charge in [-0.05, 0) is 41.3 Å². The zero-order chi connectivity index (χ0) is 18.6. The number of piperazine rings is 1. The van der Waals surface area contributed by atoms with Gasteiger partial charge in [-0.2, -0.15) is 0 Å². The lowest BCUT2D eigenvalue weighted by Gasteiger charge is -2.35. The monoisotopic (exact) mass is 380 g/mol. The van der Waals surface area contributed by atoms with E-state index in [0.717, 1.165) is 51.3 Å². The van der Waals surface area contributed by atoms with Crippen LogP contribution in [0.2, 0.25) is 0 Å². The van der Waals surface area contributed by atoms with Gasteiger partial charge in [0.05, 0.1) is 6.10 Å². The highest BCUT2D eigenvalue weighted by Crippen LogP contribution is 2.32. The first kappa shape index (κ1) is 18.6. The largest absolute Gasteiger partial charge is 0.388 e. The summed E-state index contributed by atoms with van der Waals surface area (Å²) >= 11 is 1.73. The molecule has 1 aliphatic rings. The van der Waals surface area contributed by atoms with Crippen LogP contribution in [0.3, 0.4) is 0 Å². The fraction of sp³-hybridized carbons (Fsp3) is 0.391. The molecule has 1 atom stereocenters. The number of fused-ring (bicyclic) bond motifs is 1. The molecular weight excluding hydrogens is 352 g/mol. The average molecular weight is 381 g/mol. The molecule has 0 aliphatic carbocycles. The van der Waals surface area contributed by atoms with E-state index in [1.165, 1.54) is 21.2 Å². The third-order valence-corrected chi connectivity index (χ3v) is 6.53. The number of nitrogens with zero attached hydrogens (tertiary/aromatic N) is 2. The van der Waals surface area contributed by atoms with Crippen LogP contribution in [0, 0.1) is 6.92 Å². The molecule has 2 heterocycles. The van der Waals surface area contributed by atoms with Crippen molar-refractivity contribution in [1.29, 1.82) is 0 Å². The number of thiophene rings is 1. The van der Waals surface area contributed by atoms with Gasteiger partial charge in [0, 0.05) is 44.0 Å². The zero-order valence-corrected chi connectivity index (χ0v) is 16.8. The fourth-order valence-corrected chi connectivity index (χ4v) is 4.88.